The Morgan fingerprint density at radius 2 is 2.10 bits per heavy atom. The van der Waals surface area contributed by atoms with Gasteiger partial charge in [0.25, 0.3) is 5.91 Å². The van der Waals surface area contributed by atoms with Crippen molar-refractivity contribution in [3.05, 3.63) is 33.9 Å². The smallest absolute Gasteiger partial charge is 0.353 e. The molecule has 3 N–H and O–H groups in total. The largest absolute Gasteiger partial charge is 0.477 e. The number of carbonyl (C=O) groups is 3. The molecule has 0 radical (unpaired) electrons. The molecule has 2 fully saturated rings. The van der Waals surface area contributed by atoms with E-state index in [0.29, 0.717) is 24.4 Å². The van der Waals surface area contributed by atoms with E-state index in [1.54, 1.807) is 17.4 Å². The van der Waals surface area contributed by atoms with Gasteiger partial charge in [-0.25, -0.2) is 9.78 Å². The van der Waals surface area contributed by atoms with Gasteiger partial charge in [0.15, 0.2) is 0 Å². The number of β-lactam (4-membered cyclic amide) rings is 1. The maximum atomic E-state index is 13.0. The molecular weight excluding hydrogens is 428 g/mol. The molecule has 10 heteroatoms. The lowest BCUT2D eigenvalue weighted by Crippen LogP contribution is -2.73. The topological polar surface area (TPSA) is 117 Å². The van der Waals surface area contributed by atoms with Gasteiger partial charge in [-0.3, -0.25) is 19.4 Å². The first-order valence-electron chi connectivity index (χ1n) is 9.78. The minimum Gasteiger partial charge on any atom is -0.477 e. The zero-order valence-electron chi connectivity index (χ0n) is 15.9. The average Bonchev–Trinajstić information content (AvgIpc) is 3.49. The Kier molecular flexibility index (Phi) is 4.57. The van der Waals surface area contributed by atoms with Crippen molar-refractivity contribution in [2.24, 2.45) is 5.73 Å². The number of carboxylic acids is 1. The number of carbonyl (C=O) groups excluding carboxylic acids is 2. The highest BCUT2D eigenvalue weighted by Gasteiger charge is 2.56. The molecule has 3 aliphatic rings. The van der Waals surface area contributed by atoms with Crippen LogP contribution in [-0.2, 0) is 14.4 Å². The van der Waals surface area contributed by atoms with Gasteiger partial charge >= 0.3 is 5.97 Å². The van der Waals surface area contributed by atoms with Gasteiger partial charge in [-0.1, -0.05) is 11.6 Å². The number of benzene rings is 1. The number of anilines is 1. The monoisotopic (exact) mass is 446 g/mol. The third-order valence-corrected chi connectivity index (χ3v) is 7.41. The summed E-state index contributed by atoms with van der Waals surface area (Å²) < 4.78 is 0.950. The highest BCUT2D eigenvalue weighted by molar-refractivity contribution is 7.18. The highest BCUT2D eigenvalue weighted by Crippen LogP contribution is 2.45. The fraction of sp³-hybridized carbons (Fsp3) is 0.400. The predicted octanol–water partition coefficient (Wildman–Crippen LogP) is 2.37. The summed E-state index contributed by atoms with van der Waals surface area (Å²) in [7, 11) is 0. The van der Waals surface area contributed by atoms with Gasteiger partial charge in [0.05, 0.1) is 27.8 Å². The molecule has 3 heterocycles. The molecule has 1 saturated carbocycles. The molecule has 30 heavy (non-hydrogen) atoms. The second-order valence-corrected chi connectivity index (χ2v) is 9.28. The number of carboxylic acid groups (broad SMARTS) is 1. The van der Waals surface area contributed by atoms with E-state index in [9.17, 15) is 19.5 Å². The fourth-order valence-electron chi connectivity index (χ4n) is 4.26. The maximum Gasteiger partial charge on any atom is 0.353 e. The molecule has 1 saturated heterocycles. The van der Waals surface area contributed by atoms with Crippen LogP contribution in [0.2, 0.25) is 0 Å². The van der Waals surface area contributed by atoms with E-state index in [1.807, 2.05) is 12.1 Å². The number of nitrogens with two attached hydrogens (primary N) is 1. The molecule has 2 aliphatic heterocycles. The van der Waals surface area contributed by atoms with Crippen LogP contribution in [0.1, 0.15) is 36.6 Å². The van der Waals surface area contributed by atoms with Gasteiger partial charge in [0, 0.05) is 16.6 Å². The van der Waals surface area contributed by atoms with Crippen molar-refractivity contribution >= 4 is 56.6 Å². The minimum atomic E-state index is -1.24. The second kappa shape index (κ2) is 7.04. The molecule has 2 amide bonds. The lowest BCUT2D eigenvalue weighted by atomic mass is 9.85. The number of halogens is 1. The predicted molar refractivity (Wildman–Crippen MR) is 112 cm³/mol. The van der Waals surface area contributed by atoms with E-state index in [4.69, 9.17) is 17.3 Å². The number of nitrogens with zero attached hydrogens (tertiary/aromatic N) is 3. The number of hydrogen-bond donors (Lipinski definition) is 2. The molecule has 2 aromatic rings. The number of hydrogen-bond acceptors (Lipinski definition) is 6. The van der Waals surface area contributed by atoms with Gasteiger partial charge in [-0.2, -0.15) is 0 Å². The van der Waals surface area contributed by atoms with Gasteiger partial charge < -0.3 is 10.8 Å². The van der Waals surface area contributed by atoms with E-state index >= 15 is 0 Å². The maximum absolute atomic E-state index is 13.0. The van der Waals surface area contributed by atoms with Crippen LogP contribution in [0.4, 0.5) is 5.69 Å². The first-order valence-corrected chi connectivity index (χ1v) is 11.0. The summed E-state index contributed by atoms with van der Waals surface area (Å²) in [5.41, 5.74) is 6.90. The summed E-state index contributed by atoms with van der Waals surface area (Å²) in [5, 5.41) is 10.7. The number of rotatable bonds is 5. The van der Waals surface area contributed by atoms with Crippen molar-refractivity contribution in [3.63, 3.8) is 0 Å². The van der Waals surface area contributed by atoms with Crippen LogP contribution in [-0.4, -0.2) is 51.4 Å². The fourth-order valence-corrected chi connectivity index (χ4v) is 5.71. The third kappa shape index (κ3) is 2.91. The van der Waals surface area contributed by atoms with Crippen LogP contribution in [0.15, 0.2) is 28.9 Å². The average molecular weight is 447 g/mol. The second-order valence-electron chi connectivity index (χ2n) is 7.76. The molecule has 1 aromatic heterocycles. The van der Waals surface area contributed by atoms with Crippen molar-refractivity contribution in [2.45, 2.75) is 43.7 Å². The molecule has 0 unspecified atom stereocenters. The van der Waals surface area contributed by atoms with E-state index < -0.39 is 29.9 Å². The SMILES string of the molecule is NCC(=O)N(c1ccc2nc(C3CC3)sc2c1)[C@@H]1C(=O)N2C(C(=O)O)=C(Cl)CC[C@H]12. The summed E-state index contributed by atoms with van der Waals surface area (Å²) in [6, 6.07) is 4.25. The van der Waals surface area contributed by atoms with E-state index in [-0.39, 0.29) is 17.3 Å². The number of aromatic nitrogens is 1. The van der Waals surface area contributed by atoms with Crippen LogP contribution in [0.5, 0.6) is 0 Å². The number of aliphatic carboxylic acids is 1. The van der Waals surface area contributed by atoms with Gasteiger partial charge in [0.1, 0.15) is 11.7 Å². The molecule has 8 nitrogen and oxygen atoms in total. The van der Waals surface area contributed by atoms with Crippen LogP contribution in [0, 0.1) is 0 Å². The summed E-state index contributed by atoms with van der Waals surface area (Å²) in [5.74, 6) is -1.56. The van der Waals surface area contributed by atoms with Crippen molar-refractivity contribution in [1.29, 1.82) is 0 Å². The van der Waals surface area contributed by atoms with Crippen LogP contribution in [0.3, 0.4) is 0 Å². The van der Waals surface area contributed by atoms with E-state index in [0.717, 1.165) is 28.1 Å². The van der Waals surface area contributed by atoms with Gasteiger partial charge in [-0.15, -0.1) is 11.3 Å². The Morgan fingerprint density at radius 3 is 2.77 bits per heavy atom. The van der Waals surface area contributed by atoms with Gasteiger partial charge in [-0.05, 0) is 43.9 Å². The lowest BCUT2D eigenvalue weighted by molar-refractivity contribution is -0.153. The summed E-state index contributed by atoms with van der Waals surface area (Å²) in [4.78, 5) is 44.6. The first-order chi connectivity index (χ1) is 14.4. The highest BCUT2D eigenvalue weighted by atomic mass is 35.5. The molecule has 0 spiro atoms. The van der Waals surface area contributed by atoms with Crippen molar-refractivity contribution in [1.82, 2.24) is 9.88 Å². The van der Waals surface area contributed by atoms with Gasteiger partial charge in [0.2, 0.25) is 5.91 Å². The summed E-state index contributed by atoms with van der Waals surface area (Å²) >= 11 is 7.67. The standard InChI is InChI=1S/C20H19ClN4O4S/c21-11-4-6-13-17(19(27)25(13)16(11)20(28)29)24(15(26)8-22)10-3-5-12-14(7-10)30-18(23-12)9-1-2-9/h3,5,7,9,13,17H,1-2,4,6,8,22H2,(H,28,29)/t13-,17+/m1/s1. The zero-order valence-corrected chi connectivity index (χ0v) is 17.4. The number of amides is 2. The Labute approximate surface area is 180 Å². The Morgan fingerprint density at radius 1 is 1.33 bits per heavy atom. The number of allylic oxidation sites excluding steroid dienone is 1. The number of thiazole rings is 1. The Hall–Kier alpha value is -2.49. The zero-order chi connectivity index (χ0) is 21.2. The van der Waals surface area contributed by atoms with E-state index in [1.165, 1.54) is 9.80 Å². The molecule has 1 aromatic carbocycles. The summed E-state index contributed by atoms with van der Waals surface area (Å²) in [6.07, 6.45) is 3.13. The van der Waals surface area contributed by atoms with Crippen LogP contribution >= 0.6 is 22.9 Å². The minimum absolute atomic E-state index is 0.154. The normalized spacial score (nSPS) is 23.4. The molecule has 156 valence electrons. The Balaban J connectivity index is 1.52. The lowest BCUT2D eigenvalue weighted by Gasteiger charge is -2.53. The molecule has 2 atom stereocenters. The van der Waals surface area contributed by atoms with Crippen molar-refractivity contribution in [3.8, 4) is 0 Å². The molecule has 5 rings (SSSR count). The Bertz CT molecular complexity index is 1130. The van der Waals surface area contributed by atoms with Crippen molar-refractivity contribution in [2.75, 3.05) is 11.4 Å². The van der Waals surface area contributed by atoms with Crippen LogP contribution < -0.4 is 10.6 Å². The summed E-state index contributed by atoms with van der Waals surface area (Å²) in [6.45, 7) is -0.257. The first kappa shape index (κ1) is 19.5. The third-order valence-electron chi connectivity index (χ3n) is 5.86. The molecule has 0 bridgehead atoms. The van der Waals surface area contributed by atoms with Crippen LogP contribution in [0.25, 0.3) is 10.2 Å². The van der Waals surface area contributed by atoms with E-state index in [2.05, 4.69) is 4.98 Å². The molecular formula is C20H19ClN4O4S. The molecule has 1 aliphatic carbocycles. The van der Waals surface area contributed by atoms with Crippen molar-refractivity contribution < 1.29 is 19.5 Å². The number of fused-ring (bicyclic) bond motifs is 2. The quantitative estimate of drug-likeness (QED) is 0.681.